The maximum absolute atomic E-state index is 12.3. The number of carbonyl (C=O) groups is 1. The molecule has 1 fully saturated rings. The molecule has 156 valence electrons. The van der Waals surface area contributed by atoms with Crippen molar-refractivity contribution in [3.8, 4) is 0 Å². The van der Waals surface area contributed by atoms with Crippen molar-refractivity contribution in [2.45, 2.75) is 78.6 Å². The first-order valence-corrected chi connectivity index (χ1v) is 9.87. The van der Waals surface area contributed by atoms with Crippen molar-refractivity contribution in [2.75, 3.05) is 0 Å². The Kier molecular flexibility index (Phi) is 5.38. The first-order valence-electron chi connectivity index (χ1n) is 9.87. The first kappa shape index (κ1) is 21.5. The Bertz CT molecular complexity index is 899. The zero-order valence-corrected chi connectivity index (χ0v) is 18.5. The summed E-state index contributed by atoms with van der Waals surface area (Å²) in [6.45, 7) is 16.4. The van der Waals surface area contributed by atoms with E-state index in [9.17, 15) is 4.79 Å². The Labute approximate surface area is 172 Å². The smallest absolute Gasteiger partial charge is 0.416 e. The van der Waals surface area contributed by atoms with E-state index in [-0.39, 0.29) is 28.4 Å². The summed E-state index contributed by atoms with van der Waals surface area (Å²) >= 11 is 0. The summed E-state index contributed by atoms with van der Waals surface area (Å²) in [6.07, 6.45) is 0. The lowest BCUT2D eigenvalue weighted by molar-refractivity contribution is 0.00578. The van der Waals surface area contributed by atoms with Crippen LogP contribution in [0.25, 0.3) is 0 Å². The van der Waals surface area contributed by atoms with Crippen molar-refractivity contribution < 1.29 is 18.5 Å². The number of hydrogen-bond donors (Lipinski definition) is 1. The number of hydrogen-bond acceptors (Lipinski definition) is 6. The normalized spacial score (nSPS) is 18.1. The molecule has 3 rings (SSSR count). The van der Waals surface area contributed by atoms with E-state index < -0.39 is 7.12 Å². The van der Waals surface area contributed by atoms with Crippen LogP contribution in [-0.2, 0) is 21.3 Å². The standard InChI is InChI=1S/C21H30BN3O4/c1-13-11-15(22-28-20(5,6)21(7,8)29-22)10-9-14(13)12-23-16(26)17-24-25-18(27-17)19(2,3)4/h9-11H,12H2,1-8H3,(H,23,26). The third kappa shape index (κ3) is 4.38. The second kappa shape index (κ2) is 7.25. The molecule has 0 atom stereocenters. The van der Waals surface area contributed by atoms with Crippen LogP contribution in [0.15, 0.2) is 22.6 Å². The van der Waals surface area contributed by atoms with Crippen LogP contribution in [0, 0.1) is 6.92 Å². The molecule has 1 amide bonds. The quantitative estimate of drug-likeness (QED) is 0.796. The molecule has 0 unspecified atom stereocenters. The SMILES string of the molecule is Cc1cc(B2OC(C)(C)C(C)(C)O2)ccc1CNC(=O)c1nnc(C(C)(C)C)o1. The van der Waals surface area contributed by atoms with Crippen molar-refractivity contribution in [3.63, 3.8) is 0 Å². The Hall–Kier alpha value is -2.19. The van der Waals surface area contributed by atoms with Gasteiger partial charge in [0.1, 0.15) is 0 Å². The van der Waals surface area contributed by atoms with Gasteiger partial charge in [-0.2, -0.15) is 0 Å². The van der Waals surface area contributed by atoms with Gasteiger partial charge in [-0.05, 0) is 51.2 Å². The van der Waals surface area contributed by atoms with Gasteiger partial charge in [-0.3, -0.25) is 4.79 Å². The van der Waals surface area contributed by atoms with Crippen molar-refractivity contribution in [1.82, 2.24) is 15.5 Å². The summed E-state index contributed by atoms with van der Waals surface area (Å²) in [5.41, 5.74) is 1.93. The van der Waals surface area contributed by atoms with Crippen LogP contribution in [0.5, 0.6) is 0 Å². The highest BCUT2D eigenvalue weighted by molar-refractivity contribution is 6.62. The number of aryl methyl sites for hydroxylation is 1. The molecule has 2 heterocycles. The Balaban J connectivity index is 1.66. The van der Waals surface area contributed by atoms with Gasteiger partial charge in [0.2, 0.25) is 5.89 Å². The van der Waals surface area contributed by atoms with Gasteiger partial charge in [-0.25, -0.2) is 0 Å². The summed E-state index contributed by atoms with van der Waals surface area (Å²) < 4.78 is 17.7. The third-order valence-corrected chi connectivity index (χ3v) is 5.59. The van der Waals surface area contributed by atoms with Crippen LogP contribution in [0.4, 0.5) is 0 Å². The highest BCUT2D eigenvalue weighted by Crippen LogP contribution is 2.36. The highest BCUT2D eigenvalue weighted by atomic mass is 16.7. The maximum atomic E-state index is 12.3. The fourth-order valence-electron chi connectivity index (χ4n) is 2.91. The lowest BCUT2D eigenvalue weighted by Crippen LogP contribution is -2.41. The van der Waals surface area contributed by atoms with Crippen LogP contribution >= 0.6 is 0 Å². The van der Waals surface area contributed by atoms with Crippen molar-refractivity contribution in [3.05, 3.63) is 41.1 Å². The molecule has 1 N–H and O–H groups in total. The first-order chi connectivity index (χ1) is 13.3. The predicted octanol–water partition coefficient (Wildman–Crippen LogP) is 2.90. The van der Waals surface area contributed by atoms with Crippen LogP contribution in [0.3, 0.4) is 0 Å². The molecule has 0 aliphatic carbocycles. The van der Waals surface area contributed by atoms with E-state index in [2.05, 4.69) is 15.5 Å². The lowest BCUT2D eigenvalue weighted by Gasteiger charge is -2.32. The summed E-state index contributed by atoms with van der Waals surface area (Å²) in [7, 11) is -0.406. The number of rotatable bonds is 4. The molecule has 1 aliphatic heterocycles. The molecule has 1 saturated heterocycles. The summed E-state index contributed by atoms with van der Waals surface area (Å²) in [4.78, 5) is 12.3. The van der Waals surface area contributed by atoms with Crippen molar-refractivity contribution in [1.29, 1.82) is 0 Å². The minimum atomic E-state index is -0.406. The van der Waals surface area contributed by atoms with Crippen LogP contribution in [0.1, 0.15) is 76.2 Å². The Morgan fingerprint density at radius 1 is 1.10 bits per heavy atom. The topological polar surface area (TPSA) is 86.5 Å². The van der Waals surface area contributed by atoms with E-state index >= 15 is 0 Å². The Morgan fingerprint density at radius 2 is 1.72 bits per heavy atom. The van der Waals surface area contributed by atoms with E-state index in [0.29, 0.717) is 12.4 Å². The minimum Gasteiger partial charge on any atom is -0.416 e. The van der Waals surface area contributed by atoms with Crippen LogP contribution in [-0.4, -0.2) is 34.4 Å². The summed E-state index contributed by atoms with van der Waals surface area (Å²) in [5, 5.41) is 10.6. The zero-order chi connectivity index (χ0) is 21.6. The second-order valence-electron chi connectivity index (χ2n) is 9.62. The predicted molar refractivity (Wildman–Crippen MR) is 111 cm³/mol. The van der Waals surface area contributed by atoms with E-state index in [0.717, 1.165) is 16.6 Å². The van der Waals surface area contributed by atoms with Gasteiger partial charge in [0.05, 0.1) is 11.2 Å². The van der Waals surface area contributed by atoms with Gasteiger partial charge in [0.25, 0.3) is 0 Å². The van der Waals surface area contributed by atoms with Crippen molar-refractivity contribution >= 4 is 18.5 Å². The largest absolute Gasteiger partial charge is 0.494 e. The fraction of sp³-hybridized carbons (Fsp3) is 0.571. The molecule has 8 heteroatoms. The van der Waals surface area contributed by atoms with Crippen LogP contribution < -0.4 is 10.8 Å². The molecule has 1 aromatic carbocycles. The molecule has 0 radical (unpaired) electrons. The number of carbonyl (C=O) groups excluding carboxylic acids is 1. The molecule has 0 spiro atoms. The molecule has 0 bridgehead atoms. The van der Waals surface area contributed by atoms with E-state index in [1.54, 1.807) is 0 Å². The second-order valence-corrected chi connectivity index (χ2v) is 9.62. The number of amides is 1. The van der Waals surface area contributed by atoms with Gasteiger partial charge < -0.3 is 19.0 Å². The van der Waals surface area contributed by atoms with Gasteiger partial charge in [0, 0.05) is 12.0 Å². The third-order valence-electron chi connectivity index (χ3n) is 5.59. The minimum absolute atomic E-state index is 0.0265. The molecular formula is C21H30BN3O4. The number of benzene rings is 1. The van der Waals surface area contributed by atoms with Gasteiger partial charge >= 0.3 is 18.9 Å². The van der Waals surface area contributed by atoms with E-state index in [1.807, 2.05) is 73.6 Å². The summed E-state index contributed by atoms with van der Waals surface area (Å²) in [5.74, 6) is 0.0226. The fourth-order valence-corrected chi connectivity index (χ4v) is 2.91. The van der Waals surface area contributed by atoms with Gasteiger partial charge in [-0.1, -0.05) is 39.0 Å². The average Bonchev–Trinajstić information content (AvgIpc) is 3.16. The molecular weight excluding hydrogens is 369 g/mol. The molecule has 1 aliphatic rings. The number of aromatic nitrogens is 2. The molecule has 29 heavy (non-hydrogen) atoms. The zero-order valence-electron chi connectivity index (χ0n) is 18.5. The monoisotopic (exact) mass is 399 g/mol. The molecule has 7 nitrogen and oxygen atoms in total. The number of nitrogens with one attached hydrogen (secondary N) is 1. The van der Waals surface area contributed by atoms with Gasteiger partial charge in [0.15, 0.2) is 0 Å². The average molecular weight is 399 g/mol. The maximum Gasteiger partial charge on any atom is 0.494 e. The van der Waals surface area contributed by atoms with Crippen LogP contribution in [0.2, 0.25) is 0 Å². The molecule has 0 saturated carbocycles. The molecule has 1 aromatic heterocycles. The number of nitrogens with zero attached hydrogens (tertiary/aromatic N) is 2. The lowest BCUT2D eigenvalue weighted by atomic mass is 9.78. The Morgan fingerprint density at radius 3 is 2.24 bits per heavy atom. The van der Waals surface area contributed by atoms with Gasteiger partial charge in [-0.15, -0.1) is 10.2 Å². The molecule has 2 aromatic rings. The van der Waals surface area contributed by atoms with E-state index in [1.165, 1.54) is 0 Å². The highest BCUT2D eigenvalue weighted by Gasteiger charge is 2.51. The van der Waals surface area contributed by atoms with E-state index in [4.69, 9.17) is 13.7 Å². The summed E-state index contributed by atoms with van der Waals surface area (Å²) in [6, 6.07) is 5.99. The van der Waals surface area contributed by atoms with Crippen molar-refractivity contribution in [2.24, 2.45) is 0 Å².